The minimum absolute atomic E-state index is 0.00619. The monoisotopic (exact) mass is 313 g/mol. The molecule has 1 aromatic carbocycles. The van der Waals surface area contributed by atoms with E-state index in [-0.39, 0.29) is 10.7 Å². The summed E-state index contributed by atoms with van der Waals surface area (Å²) in [6.45, 7) is 5.28. The molecule has 18 heavy (non-hydrogen) atoms. The molecule has 0 aromatic heterocycles. The van der Waals surface area contributed by atoms with Crippen LogP contribution in [0.15, 0.2) is 18.2 Å². The third kappa shape index (κ3) is 4.42. The van der Waals surface area contributed by atoms with Gasteiger partial charge in [-0.15, -0.1) is 0 Å². The number of hydrogen-bond acceptors (Lipinski definition) is 2. The second-order valence-electron chi connectivity index (χ2n) is 4.34. The molecular formula is C14H20BrNO2. The van der Waals surface area contributed by atoms with E-state index >= 15 is 0 Å². The number of benzene rings is 1. The molecular weight excluding hydrogens is 294 g/mol. The predicted molar refractivity (Wildman–Crippen MR) is 77.5 cm³/mol. The smallest absolute Gasteiger partial charge is 0.251 e. The van der Waals surface area contributed by atoms with Gasteiger partial charge < -0.3 is 10.1 Å². The number of methoxy groups -OCH3 is 1. The van der Waals surface area contributed by atoms with Crippen molar-refractivity contribution >= 4 is 21.8 Å². The first-order chi connectivity index (χ1) is 8.56. The Morgan fingerprint density at radius 3 is 2.83 bits per heavy atom. The van der Waals surface area contributed by atoms with Gasteiger partial charge in [0.15, 0.2) is 0 Å². The Balaban J connectivity index is 2.48. The largest absolute Gasteiger partial charge is 0.384 e. The van der Waals surface area contributed by atoms with E-state index in [1.165, 1.54) is 0 Å². The molecule has 1 rings (SSSR count). The molecule has 1 unspecified atom stereocenters. The number of carbonyl (C=O) groups is 1. The molecule has 0 aliphatic heterocycles. The van der Waals surface area contributed by atoms with Crippen molar-refractivity contribution < 1.29 is 9.53 Å². The first-order valence-electron chi connectivity index (χ1n) is 6.03. The quantitative estimate of drug-likeness (QED) is 0.820. The summed E-state index contributed by atoms with van der Waals surface area (Å²) in [7, 11) is 1.67. The lowest BCUT2D eigenvalue weighted by Crippen LogP contribution is -2.27. The van der Waals surface area contributed by atoms with Gasteiger partial charge in [-0.2, -0.15) is 0 Å². The van der Waals surface area contributed by atoms with Crippen LogP contribution >= 0.6 is 15.9 Å². The highest BCUT2D eigenvalue weighted by atomic mass is 79.9. The lowest BCUT2D eigenvalue weighted by molar-refractivity contribution is 0.0951. The van der Waals surface area contributed by atoms with E-state index in [1.807, 2.05) is 32.0 Å². The van der Waals surface area contributed by atoms with Crippen LogP contribution in [0.4, 0.5) is 0 Å². The first-order valence-corrected chi connectivity index (χ1v) is 6.95. The summed E-state index contributed by atoms with van der Waals surface area (Å²) < 4.78 is 5.02. The molecule has 100 valence electrons. The zero-order valence-corrected chi connectivity index (χ0v) is 12.7. The average Bonchev–Trinajstić information content (AvgIpc) is 2.33. The van der Waals surface area contributed by atoms with E-state index in [9.17, 15) is 4.79 Å². The molecule has 0 fully saturated rings. The molecule has 1 N–H and O–H groups in total. The van der Waals surface area contributed by atoms with Gasteiger partial charge >= 0.3 is 0 Å². The highest BCUT2D eigenvalue weighted by Crippen LogP contribution is 2.12. The molecule has 0 saturated heterocycles. The molecule has 1 amide bonds. The fourth-order valence-corrected chi connectivity index (χ4v) is 2.19. The van der Waals surface area contributed by atoms with E-state index in [0.29, 0.717) is 13.2 Å². The van der Waals surface area contributed by atoms with Gasteiger partial charge in [0.25, 0.3) is 5.91 Å². The molecule has 0 bridgehead atoms. The number of carbonyl (C=O) groups excluding carboxylic acids is 1. The van der Waals surface area contributed by atoms with E-state index in [0.717, 1.165) is 23.1 Å². The SMILES string of the molecule is COCC(Br)CCNC(=O)c1cccc(C)c1C. The maximum Gasteiger partial charge on any atom is 0.251 e. The van der Waals surface area contributed by atoms with Crippen LogP contribution in [-0.2, 0) is 4.74 Å². The van der Waals surface area contributed by atoms with Gasteiger partial charge in [0.05, 0.1) is 6.61 Å². The summed E-state index contributed by atoms with van der Waals surface area (Å²) in [6.07, 6.45) is 0.852. The van der Waals surface area contributed by atoms with Crippen LogP contribution in [0.3, 0.4) is 0 Å². The Hall–Kier alpha value is -0.870. The van der Waals surface area contributed by atoms with Crippen molar-refractivity contribution in [3.8, 4) is 0 Å². The summed E-state index contributed by atoms with van der Waals surface area (Å²) in [6, 6.07) is 5.78. The van der Waals surface area contributed by atoms with E-state index in [1.54, 1.807) is 7.11 Å². The summed E-state index contributed by atoms with van der Waals surface area (Å²) in [5.41, 5.74) is 2.94. The third-order valence-electron chi connectivity index (χ3n) is 2.94. The van der Waals surface area contributed by atoms with Crippen molar-refractivity contribution in [2.24, 2.45) is 0 Å². The van der Waals surface area contributed by atoms with Gasteiger partial charge in [0, 0.05) is 24.0 Å². The van der Waals surface area contributed by atoms with Gasteiger partial charge in [-0.05, 0) is 37.5 Å². The number of halogens is 1. The molecule has 0 radical (unpaired) electrons. The van der Waals surface area contributed by atoms with Crippen molar-refractivity contribution in [3.05, 3.63) is 34.9 Å². The van der Waals surface area contributed by atoms with Crippen molar-refractivity contribution in [1.82, 2.24) is 5.32 Å². The third-order valence-corrected chi connectivity index (χ3v) is 3.66. The zero-order chi connectivity index (χ0) is 13.5. The zero-order valence-electron chi connectivity index (χ0n) is 11.1. The van der Waals surface area contributed by atoms with Crippen molar-refractivity contribution in [2.75, 3.05) is 20.3 Å². The maximum absolute atomic E-state index is 12.0. The van der Waals surface area contributed by atoms with Gasteiger partial charge in [0.2, 0.25) is 0 Å². The van der Waals surface area contributed by atoms with E-state index < -0.39 is 0 Å². The lowest BCUT2D eigenvalue weighted by Gasteiger charge is -2.11. The Kier molecular flexibility index (Phi) is 6.36. The number of alkyl halides is 1. The van der Waals surface area contributed by atoms with Crippen LogP contribution in [0, 0.1) is 13.8 Å². The average molecular weight is 314 g/mol. The number of aryl methyl sites for hydroxylation is 1. The molecule has 1 aromatic rings. The number of nitrogens with one attached hydrogen (secondary N) is 1. The summed E-state index contributed by atoms with van der Waals surface area (Å²) in [5.74, 6) is -0.00619. The van der Waals surface area contributed by atoms with Crippen LogP contribution in [0.5, 0.6) is 0 Å². The molecule has 4 heteroatoms. The Bertz CT molecular complexity index is 407. The minimum atomic E-state index is -0.00619. The number of hydrogen-bond donors (Lipinski definition) is 1. The maximum atomic E-state index is 12.0. The molecule has 1 atom stereocenters. The number of ether oxygens (including phenoxy) is 1. The molecule has 3 nitrogen and oxygen atoms in total. The summed E-state index contributed by atoms with van der Waals surface area (Å²) >= 11 is 3.49. The molecule has 0 aliphatic carbocycles. The van der Waals surface area contributed by atoms with Crippen LogP contribution in [0.1, 0.15) is 27.9 Å². The Morgan fingerprint density at radius 2 is 2.17 bits per heavy atom. The van der Waals surface area contributed by atoms with Crippen molar-refractivity contribution in [1.29, 1.82) is 0 Å². The van der Waals surface area contributed by atoms with Gasteiger partial charge in [-0.3, -0.25) is 4.79 Å². The normalized spacial score (nSPS) is 12.2. The molecule has 0 aliphatic rings. The molecule has 0 heterocycles. The van der Waals surface area contributed by atoms with Crippen LogP contribution in [0.25, 0.3) is 0 Å². The van der Waals surface area contributed by atoms with Crippen LogP contribution in [0.2, 0.25) is 0 Å². The fourth-order valence-electron chi connectivity index (χ4n) is 1.70. The highest BCUT2D eigenvalue weighted by molar-refractivity contribution is 9.09. The first kappa shape index (κ1) is 15.2. The van der Waals surface area contributed by atoms with E-state index in [4.69, 9.17) is 4.74 Å². The Labute approximate surface area is 117 Å². The van der Waals surface area contributed by atoms with Crippen LogP contribution < -0.4 is 5.32 Å². The van der Waals surface area contributed by atoms with Crippen molar-refractivity contribution in [3.63, 3.8) is 0 Å². The minimum Gasteiger partial charge on any atom is -0.384 e. The standard InChI is InChI=1S/C14H20BrNO2/c1-10-5-4-6-13(11(10)2)14(17)16-8-7-12(15)9-18-3/h4-6,12H,7-9H2,1-3H3,(H,16,17). The molecule has 0 spiro atoms. The number of rotatable bonds is 6. The predicted octanol–water partition coefficient (Wildman–Crippen LogP) is 2.83. The Morgan fingerprint density at radius 1 is 1.44 bits per heavy atom. The number of amides is 1. The second kappa shape index (κ2) is 7.54. The van der Waals surface area contributed by atoms with Gasteiger partial charge in [-0.1, -0.05) is 28.1 Å². The van der Waals surface area contributed by atoms with Crippen LogP contribution in [-0.4, -0.2) is 31.0 Å². The second-order valence-corrected chi connectivity index (χ2v) is 5.64. The fraction of sp³-hybridized carbons (Fsp3) is 0.500. The van der Waals surface area contributed by atoms with Gasteiger partial charge in [-0.25, -0.2) is 0 Å². The van der Waals surface area contributed by atoms with Gasteiger partial charge in [0.1, 0.15) is 0 Å². The highest BCUT2D eigenvalue weighted by Gasteiger charge is 2.10. The summed E-state index contributed by atoms with van der Waals surface area (Å²) in [5, 5.41) is 2.93. The topological polar surface area (TPSA) is 38.3 Å². The summed E-state index contributed by atoms with van der Waals surface area (Å²) in [4.78, 5) is 12.3. The lowest BCUT2D eigenvalue weighted by atomic mass is 10.0. The molecule has 0 saturated carbocycles. The van der Waals surface area contributed by atoms with E-state index in [2.05, 4.69) is 21.2 Å². The van der Waals surface area contributed by atoms with Crippen molar-refractivity contribution in [2.45, 2.75) is 25.1 Å².